The molecule has 0 aromatic carbocycles. The number of anilines is 1. The van der Waals surface area contributed by atoms with Crippen LogP contribution in [0.25, 0.3) is 11.2 Å². The van der Waals surface area contributed by atoms with Gasteiger partial charge in [0, 0.05) is 0 Å². The van der Waals surface area contributed by atoms with Crippen molar-refractivity contribution in [2.45, 2.75) is 55.3 Å². The van der Waals surface area contributed by atoms with Gasteiger partial charge in [0.05, 0.1) is 25.9 Å². The topological polar surface area (TPSA) is 240 Å². The summed E-state index contributed by atoms with van der Waals surface area (Å²) in [7, 11) is -5.01. The SMILES string of the molecule is Nc1ncnc2c1ncn2[C@@H]1O[C@@H]2COP([O-])(=S)O[C@H]3[C@@H](F)[C@H](N4C=NC5C(=O)N=CN=C54)O[C@@H]3COS(=O)(=O)O[C@H]2[C@H]1F. The molecule has 0 aliphatic carbocycles. The van der Waals surface area contributed by atoms with E-state index >= 15 is 8.78 Å². The van der Waals surface area contributed by atoms with Gasteiger partial charge in [-0.2, -0.15) is 13.4 Å². The summed E-state index contributed by atoms with van der Waals surface area (Å²) in [6, 6.07) is -1.14. The van der Waals surface area contributed by atoms with E-state index in [9.17, 15) is 18.1 Å². The molecular formula is C20H19F2N9O10PS2-. The first-order valence-electron chi connectivity index (χ1n) is 12.6. The Bertz CT molecular complexity index is 1760. The second-order valence-electron chi connectivity index (χ2n) is 9.81. The van der Waals surface area contributed by atoms with Gasteiger partial charge in [-0.3, -0.25) is 19.3 Å². The largest absolute Gasteiger partial charge is 0.780 e. The average molecular weight is 679 g/mol. The van der Waals surface area contributed by atoms with Crippen LogP contribution in [0.15, 0.2) is 27.6 Å². The van der Waals surface area contributed by atoms with E-state index in [2.05, 4.69) is 29.9 Å². The number of imidazole rings is 1. The Morgan fingerprint density at radius 2 is 1.84 bits per heavy atom. The zero-order valence-corrected chi connectivity index (χ0v) is 24.2. The van der Waals surface area contributed by atoms with Gasteiger partial charge in [0.2, 0.25) is 0 Å². The summed E-state index contributed by atoms with van der Waals surface area (Å²) < 4.78 is 90.4. The molecule has 1 amide bonds. The van der Waals surface area contributed by atoms with Gasteiger partial charge in [-0.1, -0.05) is 11.8 Å². The Labute approximate surface area is 250 Å². The number of aliphatic imine (C=N–C) groups is 3. The van der Waals surface area contributed by atoms with Crippen LogP contribution in [0.1, 0.15) is 6.23 Å². The lowest BCUT2D eigenvalue weighted by atomic mass is 10.1. The molecule has 10 atom stereocenters. The highest BCUT2D eigenvalue weighted by atomic mass is 32.5. The number of nitrogen functional groups attached to an aromatic ring is 1. The summed E-state index contributed by atoms with van der Waals surface area (Å²) in [4.78, 5) is 49.6. The Kier molecular flexibility index (Phi) is 7.31. The van der Waals surface area contributed by atoms with Crippen molar-refractivity contribution in [3.63, 3.8) is 0 Å². The van der Waals surface area contributed by atoms with Crippen LogP contribution in [0.3, 0.4) is 0 Å². The van der Waals surface area contributed by atoms with E-state index in [1.807, 2.05) is 0 Å². The summed E-state index contributed by atoms with van der Waals surface area (Å²) in [6.07, 6.45) is -10.0. The maximum absolute atomic E-state index is 15.8. The van der Waals surface area contributed by atoms with Gasteiger partial charge < -0.3 is 29.1 Å². The second kappa shape index (κ2) is 10.8. The van der Waals surface area contributed by atoms with Gasteiger partial charge in [-0.15, -0.1) is 0 Å². The highest BCUT2D eigenvalue weighted by Gasteiger charge is 2.54. The van der Waals surface area contributed by atoms with Crippen LogP contribution in [0, 0.1) is 0 Å². The van der Waals surface area contributed by atoms with Crippen molar-refractivity contribution in [1.82, 2.24) is 24.4 Å². The normalized spacial score (nSPS) is 40.2. The fourth-order valence-electron chi connectivity index (χ4n) is 5.19. The molecule has 236 valence electrons. The molecule has 0 spiro atoms. The molecule has 44 heavy (non-hydrogen) atoms. The standard InChI is InChI=1S/C20H20F2N9O10PS2/c21-9-13-8(39-19(9)31-6-29-12-17(31)26-4-27-18(12)32)2-37-44(34,35)41-14-7(1-36-42(33,43)40-13)38-20(10(14)22)30-5-28-11-15(23)24-3-25-16(11)30/h3-10,12-14,19-20H,1-2H2,(H,33,43)(H2,23,24,25)/p-1/t7-,8-,9-,10-,12?,13-,14-,19-,20-,42?/m1/s1. The minimum atomic E-state index is -5.01. The van der Waals surface area contributed by atoms with E-state index < -0.39 is 91.5 Å². The molecule has 7 heterocycles. The van der Waals surface area contributed by atoms with Crippen molar-refractivity contribution >= 4 is 70.3 Å². The number of hydrogen-bond acceptors (Lipinski definition) is 18. The number of carbonyl (C=O) groups excluding carboxylic acids is 1. The first-order chi connectivity index (χ1) is 20.9. The molecule has 5 aliphatic rings. The van der Waals surface area contributed by atoms with Crippen LogP contribution in [-0.4, -0.2) is 119 Å². The fourth-order valence-corrected chi connectivity index (χ4v) is 7.47. The molecule has 2 N–H and O–H groups in total. The molecule has 24 heteroatoms. The van der Waals surface area contributed by atoms with Crippen LogP contribution in [0.4, 0.5) is 14.6 Å². The number of rotatable bonds is 2. The summed E-state index contributed by atoms with van der Waals surface area (Å²) in [5.41, 5.74) is 5.98. The summed E-state index contributed by atoms with van der Waals surface area (Å²) in [5, 5.41) is 0. The number of alkyl halides is 2. The van der Waals surface area contributed by atoms with E-state index in [0.29, 0.717) is 0 Å². The molecule has 2 aromatic heterocycles. The number of amidine groups is 1. The minimum Gasteiger partial charge on any atom is -0.780 e. The Morgan fingerprint density at radius 1 is 1.09 bits per heavy atom. The number of fused-ring (bicyclic) bond motifs is 4. The maximum atomic E-state index is 15.8. The number of nitrogens with two attached hydrogens (primary N) is 1. The Balaban J connectivity index is 1.14. The van der Waals surface area contributed by atoms with E-state index in [1.54, 1.807) is 0 Å². The molecular weight excluding hydrogens is 659 g/mol. The monoisotopic (exact) mass is 678 g/mol. The molecule has 3 saturated heterocycles. The molecule has 0 radical (unpaired) electrons. The number of hydrogen-bond donors (Lipinski definition) is 1. The lowest BCUT2D eigenvalue weighted by Crippen LogP contribution is -2.47. The number of carbonyl (C=O) groups is 1. The molecule has 2 unspecified atom stereocenters. The third-order valence-electron chi connectivity index (χ3n) is 7.18. The van der Waals surface area contributed by atoms with E-state index in [4.69, 9.17) is 44.4 Å². The predicted molar refractivity (Wildman–Crippen MR) is 142 cm³/mol. The van der Waals surface area contributed by atoms with Crippen molar-refractivity contribution < 1.29 is 53.8 Å². The summed E-state index contributed by atoms with van der Waals surface area (Å²) >= 11 is 4.97. The number of nitrogens with zero attached hydrogens (tertiary/aromatic N) is 8. The minimum absolute atomic E-state index is 0.000438. The summed E-state index contributed by atoms with van der Waals surface area (Å²) in [5.74, 6) is -0.668. The lowest BCUT2D eigenvalue weighted by Gasteiger charge is -2.34. The fraction of sp³-hybridized carbons (Fsp3) is 0.550. The Hall–Kier alpha value is -2.99. The molecule has 2 aromatic rings. The maximum Gasteiger partial charge on any atom is 0.400 e. The van der Waals surface area contributed by atoms with Crippen LogP contribution in [0.2, 0.25) is 0 Å². The van der Waals surface area contributed by atoms with Gasteiger partial charge in [0.1, 0.15) is 55.2 Å². The molecule has 0 bridgehead atoms. The number of amides is 1. The van der Waals surface area contributed by atoms with E-state index in [1.165, 1.54) is 0 Å². The number of ether oxygens (including phenoxy) is 2. The zero-order chi connectivity index (χ0) is 31.0. The third kappa shape index (κ3) is 5.11. The number of aromatic nitrogens is 4. The van der Waals surface area contributed by atoms with Gasteiger partial charge in [0.15, 0.2) is 42.3 Å². The molecule has 7 rings (SSSR count). The highest BCUT2D eigenvalue weighted by molar-refractivity contribution is 8.06. The van der Waals surface area contributed by atoms with Crippen molar-refractivity contribution in [3.05, 3.63) is 12.7 Å². The predicted octanol–water partition coefficient (Wildman–Crippen LogP) is -1.97. The van der Waals surface area contributed by atoms with Gasteiger partial charge in [0.25, 0.3) is 5.91 Å². The molecule has 3 fully saturated rings. The third-order valence-corrected chi connectivity index (χ3v) is 9.60. The quantitative estimate of drug-likeness (QED) is 0.339. The first-order valence-corrected chi connectivity index (χ1v) is 16.5. The lowest BCUT2D eigenvalue weighted by molar-refractivity contribution is -0.217. The summed E-state index contributed by atoms with van der Waals surface area (Å²) in [6.45, 7) is -6.33. The van der Waals surface area contributed by atoms with Crippen LogP contribution in [0.5, 0.6) is 0 Å². The molecule has 0 saturated carbocycles. The second-order valence-corrected chi connectivity index (χ2v) is 13.8. The molecule has 19 nitrogen and oxygen atoms in total. The van der Waals surface area contributed by atoms with Gasteiger partial charge in [-0.05, 0) is 0 Å². The van der Waals surface area contributed by atoms with Gasteiger partial charge >= 0.3 is 10.4 Å². The van der Waals surface area contributed by atoms with Crippen LogP contribution in [-0.2, 0) is 53.9 Å². The highest BCUT2D eigenvalue weighted by Crippen LogP contribution is 2.47. The smallest absolute Gasteiger partial charge is 0.400 e. The number of halogens is 2. The van der Waals surface area contributed by atoms with Gasteiger partial charge in [-0.25, -0.2) is 37.1 Å². The average Bonchev–Trinajstić information content (AvgIpc) is 3.73. The van der Waals surface area contributed by atoms with Crippen molar-refractivity contribution in [2.75, 3.05) is 18.9 Å². The van der Waals surface area contributed by atoms with Crippen LogP contribution < -0.4 is 10.6 Å². The first kappa shape index (κ1) is 29.7. The Morgan fingerprint density at radius 3 is 2.66 bits per heavy atom. The molecule has 5 aliphatic heterocycles. The van der Waals surface area contributed by atoms with Crippen LogP contribution >= 0.6 is 6.72 Å². The van der Waals surface area contributed by atoms with Crippen molar-refractivity contribution in [3.8, 4) is 0 Å². The van der Waals surface area contributed by atoms with E-state index in [0.717, 1.165) is 34.8 Å². The van der Waals surface area contributed by atoms with Crippen molar-refractivity contribution in [1.29, 1.82) is 0 Å². The van der Waals surface area contributed by atoms with Crippen molar-refractivity contribution in [2.24, 2.45) is 15.0 Å². The van der Waals surface area contributed by atoms with E-state index in [-0.39, 0.29) is 22.8 Å². The zero-order valence-electron chi connectivity index (χ0n) is 21.7.